The lowest BCUT2D eigenvalue weighted by Gasteiger charge is -2.29. The third kappa shape index (κ3) is 9.19. The molecule has 1 saturated heterocycles. The van der Waals surface area contributed by atoms with Crippen LogP contribution in [0.1, 0.15) is 12.0 Å². The zero-order chi connectivity index (χ0) is 28.3. The first-order valence-electron chi connectivity index (χ1n) is 11.4. The molecule has 0 radical (unpaired) electrons. The molecule has 0 aliphatic carbocycles. The summed E-state index contributed by atoms with van der Waals surface area (Å²) in [6.45, 7) is 3.02. The molecule has 10 nitrogen and oxygen atoms in total. The molecule has 0 spiro atoms. The smallest absolute Gasteiger partial charge is 0.490 e. The molecule has 14 heteroatoms. The summed E-state index contributed by atoms with van der Waals surface area (Å²) in [7, 11) is -0.722. The summed E-state index contributed by atoms with van der Waals surface area (Å²) in [5.74, 6) is -1.57. The second kappa shape index (κ2) is 14.0. The molecule has 0 unspecified atom stereocenters. The summed E-state index contributed by atoms with van der Waals surface area (Å²) in [6.07, 6.45) is -4.96. The van der Waals surface area contributed by atoms with Crippen molar-refractivity contribution in [3.8, 4) is 11.5 Å². The molecule has 1 fully saturated rings. The van der Waals surface area contributed by atoms with Gasteiger partial charge in [-0.15, -0.1) is 0 Å². The molecule has 2 aromatic rings. The van der Waals surface area contributed by atoms with Gasteiger partial charge in [0.1, 0.15) is 11.5 Å². The highest BCUT2D eigenvalue weighted by molar-refractivity contribution is 7.89. The van der Waals surface area contributed by atoms with Crippen molar-refractivity contribution < 1.29 is 45.8 Å². The van der Waals surface area contributed by atoms with Gasteiger partial charge in [-0.1, -0.05) is 12.1 Å². The molecule has 210 valence electrons. The third-order valence-electron chi connectivity index (χ3n) is 5.48. The van der Waals surface area contributed by atoms with Crippen LogP contribution in [0, 0.1) is 0 Å². The predicted molar refractivity (Wildman–Crippen MR) is 131 cm³/mol. The van der Waals surface area contributed by atoms with Gasteiger partial charge in [-0.2, -0.15) is 17.5 Å². The number of benzene rings is 2. The molecule has 1 amide bonds. The number of aliphatic carboxylic acids is 1. The molecule has 1 aliphatic rings. The van der Waals surface area contributed by atoms with E-state index in [0.29, 0.717) is 24.6 Å². The SMILES string of the molecule is COc1ccc(S(=O)(=O)N(CCC(=O)N2CCNCC2)Cc2cccc(OC)c2)cc1.O=C(O)C(F)(F)F. The monoisotopic (exact) mass is 561 g/mol. The maximum absolute atomic E-state index is 13.4. The number of ether oxygens (including phenoxy) is 2. The summed E-state index contributed by atoms with van der Waals surface area (Å²) < 4.78 is 70.3. The molecular formula is C24H30F3N3O7S. The van der Waals surface area contributed by atoms with E-state index in [1.807, 2.05) is 12.1 Å². The number of rotatable bonds is 9. The van der Waals surface area contributed by atoms with Gasteiger partial charge in [0, 0.05) is 45.7 Å². The summed E-state index contributed by atoms with van der Waals surface area (Å²) in [5.41, 5.74) is 0.783. The number of nitrogens with one attached hydrogen (secondary N) is 1. The number of amides is 1. The first kappa shape index (κ1) is 30.9. The fourth-order valence-corrected chi connectivity index (χ4v) is 4.88. The molecule has 3 rings (SSSR count). The quantitative estimate of drug-likeness (QED) is 0.478. The number of alkyl halides is 3. The summed E-state index contributed by atoms with van der Waals surface area (Å²) in [5, 5.41) is 10.3. The van der Waals surface area contributed by atoms with Crippen molar-refractivity contribution >= 4 is 21.9 Å². The van der Waals surface area contributed by atoms with Gasteiger partial charge in [-0.3, -0.25) is 4.79 Å². The standard InChI is InChI=1S/C22H29N3O5S.C2HF3O2/c1-29-19-6-8-21(9-7-19)31(27,28)25(17-18-4-3-5-20(16-18)30-2)13-10-22(26)24-14-11-23-12-15-24;3-2(4,5)1(6)7/h3-9,16,23H,10-15,17H2,1-2H3;(H,6,7). The number of methoxy groups -OCH3 is 2. The highest BCUT2D eigenvalue weighted by atomic mass is 32.2. The van der Waals surface area contributed by atoms with E-state index in [2.05, 4.69) is 5.32 Å². The molecule has 2 aromatic carbocycles. The van der Waals surface area contributed by atoms with Gasteiger partial charge >= 0.3 is 12.1 Å². The molecule has 2 N–H and O–H groups in total. The lowest BCUT2D eigenvalue weighted by Crippen LogP contribution is -2.47. The number of carboxylic acids is 1. The van der Waals surface area contributed by atoms with Crippen molar-refractivity contribution in [2.45, 2.75) is 24.0 Å². The van der Waals surface area contributed by atoms with E-state index >= 15 is 0 Å². The van der Waals surface area contributed by atoms with Crippen molar-refractivity contribution in [2.24, 2.45) is 0 Å². The Morgan fingerprint density at radius 3 is 2.13 bits per heavy atom. The first-order chi connectivity index (χ1) is 17.9. The molecule has 38 heavy (non-hydrogen) atoms. The van der Waals surface area contributed by atoms with Crippen molar-refractivity contribution in [3.05, 3.63) is 54.1 Å². The third-order valence-corrected chi connectivity index (χ3v) is 7.34. The first-order valence-corrected chi connectivity index (χ1v) is 12.9. The minimum absolute atomic E-state index is 0.0397. The lowest BCUT2D eigenvalue weighted by molar-refractivity contribution is -0.192. The topological polar surface area (TPSA) is 125 Å². The maximum Gasteiger partial charge on any atom is 0.490 e. The van der Waals surface area contributed by atoms with Crippen LogP contribution in [0.25, 0.3) is 0 Å². The summed E-state index contributed by atoms with van der Waals surface area (Å²) in [6, 6.07) is 13.5. The number of hydrogen-bond acceptors (Lipinski definition) is 7. The van der Waals surface area contributed by atoms with Crippen LogP contribution >= 0.6 is 0 Å². The molecule has 0 bridgehead atoms. The minimum atomic E-state index is -5.08. The second-order valence-electron chi connectivity index (χ2n) is 8.05. The van der Waals surface area contributed by atoms with E-state index < -0.39 is 22.2 Å². The predicted octanol–water partition coefficient (Wildman–Crippen LogP) is 2.35. The normalized spacial score (nSPS) is 13.9. The Hall–Kier alpha value is -3.36. The Balaban J connectivity index is 0.000000638. The highest BCUT2D eigenvalue weighted by Gasteiger charge is 2.38. The largest absolute Gasteiger partial charge is 0.497 e. The Labute approximate surface area is 219 Å². The fraction of sp³-hybridized carbons (Fsp3) is 0.417. The van der Waals surface area contributed by atoms with E-state index in [0.717, 1.165) is 18.7 Å². The average molecular weight is 562 g/mol. The maximum atomic E-state index is 13.4. The minimum Gasteiger partial charge on any atom is -0.497 e. The number of halogens is 3. The van der Waals surface area contributed by atoms with Crippen molar-refractivity contribution in [1.82, 2.24) is 14.5 Å². The Morgan fingerprint density at radius 1 is 1.03 bits per heavy atom. The van der Waals surface area contributed by atoms with Gasteiger partial charge in [-0.05, 0) is 42.0 Å². The van der Waals surface area contributed by atoms with E-state index in [9.17, 15) is 26.4 Å². The van der Waals surface area contributed by atoms with Crippen LogP contribution in [0.3, 0.4) is 0 Å². The van der Waals surface area contributed by atoms with Crippen molar-refractivity contribution in [3.63, 3.8) is 0 Å². The molecule has 0 atom stereocenters. The van der Waals surface area contributed by atoms with Crippen LogP contribution in [-0.4, -0.2) is 87.7 Å². The van der Waals surface area contributed by atoms with Crippen LogP contribution < -0.4 is 14.8 Å². The number of carbonyl (C=O) groups excluding carboxylic acids is 1. The van der Waals surface area contributed by atoms with Crippen molar-refractivity contribution in [1.29, 1.82) is 0 Å². The molecule has 0 aromatic heterocycles. The fourth-order valence-electron chi connectivity index (χ4n) is 3.45. The van der Waals surface area contributed by atoms with E-state index in [1.54, 1.807) is 36.3 Å². The average Bonchev–Trinajstić information content (AvgIpc) is 2.91. The Kier molecular flexibility index (Phi) is 11.4. The zero-order valence-corrected chi connectivity index (χ0v) is 21.7. The summed E-state index contributed by atoms with van der Waals surface area (Å²) >= 11 is 0. The van der Waals surface area contributed by atoms with E-state index in [4.69, 9.17) is 19.4 Å². The second-order valence-corrected chi connectivity index (χ2v) is 9.99. The van der Waals surface area contributed by atoms with Crippen LogP contribution in [0.15, 0.2) is 53.4 Å². The van der Waals surface area contributed by atoms with Crippen LogP contribution in [0.5, 0.6) is 11.5 Å². The van der Waals surface area contributed by atoms with E-state index in [1.165, 1.54) is 23.5 Å². The van der Waals surface area contributed by atoms with Crippen LogP contribution in [-0.2, 0) is 26.2 Å². The van der Waals surface area contributed by atoms with Gasteiger partial charge in [0.05, 0.1) is 19.1 Å². The van der Waals surface area contributed by atoms with Gasteiger partial charge < -0.3 is 24.8 Å². The van der Waals surface area contributed by atoms with Crippen molar-refractivity contribution in [2.75, 3.05) is 46.9 Å². The summed E-state index contributed by atoms with van der Waals surface area (Å²) in [4.78, 5) is 23.5. The number of hydrogen-bond donors (Lipinski definition) is 2. The Morgan fingerprint density at radius 2 is 1.61 bits per heavy atom. The van der Waals surface area contributed by atoms with Crippen LogP contribution in [0.2, 0.25) is 0 Å². The molecular weight excluding hydrogens is 531 g/mol. The number of sulfonamides is 1. The van der Waals surface area contributed by atoms with Gasteiger partial charge in [0.15, 0.2) is 0 Å². The Bertz CT molecular complexity index is 1170. The van der Waals surface area contributed by atoms with Crippen LogP contribution in [0.4, 0.5) is 13.2 Å². The van der Waals surface area contributed by atoms with Gasteiger partial charge in [0.2, 0.25) is 15.9 Å². The number of piperazine rings is 1. The number of carboxylic acid groups (broad SMARTS) is 1. The number of nitrogens with zero attached hydrogens (tertiary/aromatic N) is 2. The molecule has 0 saturated carbocycles. The number of carbonyl (C=O) groups is 2. The highest BCUT2D eigenvalue weighted by Crippen LogP contribution is 2.23. The molecule has 1 aliphatic heterocycles. The van der Waals surface area contributed by atoms with Gasteiger partial charge in [0.25, 0.3) is 0 Å². The molecule has 1 heterocycles. The van der Waals surface area contributed by atoms with E-state index in [-0.39, 0.29) is 30.3 Å². The lowest BCUT2D eigenvalue weighted by atomic mass is 10.2. The van der Waals surface area contributed by atoms with Gasteiger partial charge in [-0.25, -0.2) is 13.2 Å². The zero-order valence-electron chi connectivity index (χ0n) is 20.9.